The number of ketones is 1. The summed E-state index contributed by atoms with van der Waals surface area (Å²) in [4.78, 5) is 27.6. The van der Waals surface area contributed by atoms with Crippen LogP contribution in [0.2, 0.25) is 0 Å². The molecule has 1 aromatic carbocycles. The molecule has 136 valence electrons. The summed E-state index contributed by atoms with van der Waals surface area (Å²) in [5.74, 6) is 0.232. The zero-order valence-electron chi connectivity index (χ0n) is 15.1. The van der Waals surface area contributed by atoms with Gasteiger partial charge in [-0.3, -0.25) is 14.3 Å². The number of benzene rings is 1. The average Bonchev–Trinajstić information content (AvgIpc) is 3.12. The number of rotatable bonds is 4. The molecule has 5 heteroatoms. The lowest BCUT2D eigenvalue weighted by atomic mass is 9.90. The molecule has 1 aromatic heterocycles. The summed E-state index contributed by atoms with van der Waals surface area (Å²) >= 11 is 0. The number of carbonyl (C=O) groups is 2. The fourth-order valence-electron chi connectivity index (χ4n) is 4.14. The molecule has 0 saturated carbocycles. The Balaban J connectivity index is 1.44. The summed E-state index contributed by atoms with van der Waals surface area (Å²) in [5.41, 5.74) is 2.85. The fourth-order valence-corrected chi connectivity index (χ4v) is 4.14. The van der Waals surface area contributed by atoms with Crippen molar-refractivity contribution in [3.05, 3.63) is 53.3 Å². The molecule has 2 aliphatic rings. The Morgan fingerprint density at radius 1 is 1.08 bits per heavy atom. The van der Waals surface area contributed by atoms with Gasteiger partial charge in [0.05, 0.1) is 17.5 Å². The summed E-state index contributed by atoms with van der Waals surface area (Å²) in [6.07, 6.45) is 7.11. The van der Waals surface area contributed by atoms with Gasteiger partial charge in [0.25, 0.3) is 5.91 Å². The molecule has 5 nitrogen and oxygen atoms in total. The number of likely N-dealkylation sites (tertiary alicyclic amines) is 1. The number of aryl methyl sites for hydroxylation is 1. The second-order valence-corrected chi connectivity index (χ2v) is 7.40. The van der Waals surface area contributed by atoms with Gasteiger partial charge in [-0.1, -0.05) is 30.3 Å². The fraction of sp³-hybridized carbons (Fsp3) is 0.476. The molecular formula is C21H25N3O2. The van der Waals surface area contributed by atoms with Gasteiger partial charge in [-0.15, -0.1) is 0 Å². The number of aromatic nitrogens is 2. The highest BCUT2D eigenvalue weighted by Crippen LogP contribution is 2.24. The van der Waals surface area contributed by atoms with Gasteiger partial charge in [0.15, 0.2) is 0 Å². The van der Waals surface area contributed by atoms with Crippen molar-refractivity contribution < 1.29 is 9.59 Å². The SMILES string of the molecule is O=C(Cc1ccccc1)[C@@H]1CCCN(C(=O)c2cnn3c2CCCC3)C1. The molecule has 0 unspecified atom stereocenters. The Morgan fingerprint density at radius 2 is 1.92 bits per heavy atom. The Labute approximate surface area is 154 Å². The molecule has 0 aliphatic carbocycles. The number of hydrogen-bond donors (Lipinski definition) is 0. The van der Waals surface area contributed by atoms with Crippen molar-refractivity contribution >= 4 is 11.7 Å². The molecule has 2 aliphatic heterocycles. The molecule has 0 spiro atoms. The summed E-state index contributed by atoms with van der Waals surface area (Å²) in [6, 6.07) is 9.86. The Kier molecular flexibility index (Phi) is 4.87. The molecule has 2 aromatic rings. The monoisotopic (exact) mass is 351 g/mol. The van der Waals surface area contributed by atoms with Crippen molar-refractivity contribution in [2.75, 3.05) is 13.1 Å². The molecule has 0 radical (unpaired) electrons. The first-order valence-corrected chi connectivity index (χ1v) is 9.63. The van der Waals surface area contributed by atoms with Crippen LogP contribution < -0.4 is 0 Å². The standard InChI is InChI=1S/C21H25N3O2/c25-20(13-16-7-2-1-3-8-16)17-9-6-11-23(15-17)21(26)18-14-22-24-12-5-4-10-19(18)24/h1-3,7-8,14,17H,4-6,9-13,15H2/t17-/m1/s1. The van der Waals surface area contributed by atoms with E-state index in [0.717, 1.165) is 62.0 Å². The number of fused-ring (bicyclic) bond motifs is 1. The highest BCUT2D eigenvalue weighted by molar-refractivity contribution is 5.95. The maximum atomic E-state index is 13.0. The summed E-state index contributed by atoms with van der Waals surface area (Å²) in [7, 11) is 0. The van der Waals surface area contributed by atoms with E-state index in [-0.39, 0.29) is 17.6 Å². The first kappa shape index (κ1) is 17.0. The topological polar surface area (TPSA) is 55.2 Å². The lowest BCUT2D eigenvalue weighted by molar-refractivity contribution is -0.123. The normalized spacial score (nSPS) is 19.8. The van der Waals surface area contributed by atoms with Gasteiger partial charge in [-0.2, -0.15) is 5.10 Å². The maximum Gasteiger partial charge on any atom is 0.257 e. The minimum absolute atomic E-state index is 0.0466. The van der Waals surface area contributed by atoms with E-state index in [1.807, 2.05) is 39.9 Å². The van der Waals surface area contributed by atoms with Gasteiger partial charge in [-0.25, -0.2) is 0 Å². The Morgan fingerprint density at radius 3 is 2.77 bits per heavy atom. The second-order valence-electron chi connectivity index (χ2n) is 7.40. The van der Waals surface area contributed by atoms with Gasteiger partial charge in [0, 0.05) is 32.0 Å². The van der Waals surface area contributed by atoms with E-state index in [4.69, 9.17) is 0 Å². The van der Waals surface area contributed by atoms with Gasteiger partial charge >= 0.3 is 0 Å². The number of nitrogens with zero attached hydrogens (tertiary/aromatic N) is 3. The molecule has 0 N–H and O–H groups in total. The molecule has 4 rings (SSSR count). The van der Waals surface area contributed by atoms with Crippen LogP contribution in [0.3, 0.4) is 0 Å². The predicted molar refractivity (Wildman–Crippen MR) is 98.9 cm³/mol. The highest BCUT2D eigenvalue weighted by Gasteiger charge is 2.31. The lowest BCUT2D eigenvalue weighted by Crippen LogP contribution is -2.43. The number of amides is 1. The number of hydrogen-bond acceptors (Lipinski definition) is 3. The number of Topliss-reactive ketones (excluding diaryl/α,β-unsaturated/α-hetero) is 1. The number of piperidine rings is 1. The number of carbonyl (C=O) groups excluding carboxylic acids is 2. The van der Waals surface area contributed by atoms with Gasteiger partial charge in [0.1, 0.15) is 5.78 Å². The van der Waals surface area contributed by atoms with Crippen LogP contribution in [0, 0.1) is 5.92 Å². The highest BCUT2D eigenvalue weighted by atomic mass is 16.2. The van der Waals surface area contributed by atoms with E-state index in [2.05, 4.69) is 5.10 Å². The van der Waals surface area contributed by atoms with Crippen LogP contribution in [0.15, 0.2) is 36.5 Å². The molecular weight excluding hydrogens is 326 g/mol. The summed E-state index contributed by atoms with van der Waals surface area (Å²) in [5, 5.41) is 4.38. The van der Waals surface area contributed by atoms with Crippen LogP contribution in [-0.4, -0.2) is 39.5 Å². The van der Waals surface area contributed by atoms with E-state index in [0.29, 0.717) is 13.0 Å². The van der Waals surface area contributed by atoms with Crippen LogP contribution in [-0.2, 0) is 24.2 Å². The van der Waals surface area contributed by atoms with Crippen molar-refractivity contribution in [2.24, 2.45) is 5.92 Å². The van der Waals surface area contributed by atoms with Gasteiger partial charge in [-0.05, 0) is 37.7 Å². The minimum atomic E-state index is -0.0562. The molecule has 1 amide bonds. The van der Waals surface area contributed by atoms with E-state index < -0.39 is 0 Å². The van der Waals surface area contributed by atoms with E-state index in [9.17, 15) is 9.59 Å². The maximum absolute atomic E-state index is 13.0. The van der Waals surface area contributed by atoms with Gasteiger partial charge in [0.2, 0.25) is 0 Å². The average molecular weight is 351 g/mol. The smallest absolute Gasteiger partial charge is 0.257 e. The van der Waals surface area contributed by atoms with Gasteiger partial charge < -0.3 is 4.90 Å². The van der Waals surface area contributed by atoms with E-state index >= 15 is 0 Å². The second kappa shape index (κ2) is 7.44. The van der Waals surface area contributed by atoms with E-state index in [1.165, 1.54) is 0 Å². The van der Waals surface area contributed by atoms with Crippen molar-refractivity contribution in [1.29, 1.82) is 0 Å². The van der Waals surface area contributed by atoms with E-state index in [1.54, 1.807) is 6.20 Å². The van der Waals surface area contributed by atoms with Crippen molar-refractivity contribution in [2.45, 2.75) is 45.1 Å². The van der Waals surface area contributed by atoms with Crippen molar-refractivity contribution in [3.63, 3.8) is 0 Å². The Hall–Kier alpha value is -2.43. The first-order chi connectivity index (χ1) is 12.7. The third-order valence-corrected chi connectivity index (χ3v) is 5.60. The third kappa shape index (κ3) is 3.43. The van der Waals surface area contributed by atoms with Crippen LogP contribution in [0.1, 0.15) is 47.3 Å². The summed E-state index contributed by atoms with van der Waals surface area (Å²) in [6.45, 7) is 2.18. The zero-order chi connectivity index (χ0) is 17.9. The van der Waals surface area contributed by atoms with Crippen LogP contribution in [0.4, 0.5) is 0 Å². The molecule has 3 heterocycles. The molecule has 1 saturated heterocycles. The van der Waals surface area contributed by atoms with Crippen molar-refractivity contribution in [1.82, 2.24) is 14.7 Å². The predicted octanol–water partition coefficient (Wildman–Crippen LogP) is 2.88. The molecule has 0 bridgehead atoms. The minimum Gasteiger partial charge on any atom is -0.338 e. The third-order valence-electron chi connectivity index (χ3n) is 5.60. The van der Waals surface area contributed by atoms with Crippen LogP contribution in [0.5, 0.6) is 0 Å². The van der Waals surface area contributed by atoms with Crippen LogP contribution in [0.25, 0.3) is 0 Å². The largest absolute Gasteiger partial charge is 0.338 e. The first-order valence-electron chi connectivity index (χ1n) is 9.63. The zero-order valence-corrected chi connectivity index (χ0v) is 15.1. The Bertz CT molecular complexity index is 797. The molecule has 1 atom stereocenters. The quantitative estimate of drug-likeness (QED) is 0.851. The van der Waals surface area contributed by atoms with Crippen molar-refractivity contribution in [3.8, 4) is 0 Å². The lowest BCUT2D eigenvalue weighted by Gasteiger charge is -2.32. The molecule has 26 heavy (non-hydrogen) atoms. The summed E-state index contributed by atoms with van der Waals surface area (Å²) < 4.78 is 1.97. The van der Waals surface area contributed by atoms with Crippen LogP contribution >= 0.6 is 0 Å². The molecule has 1 fully saturated rings.